The average Bonchev–Trinajstić information content (AvgIpc) is 2.38. The third kappa shape index (κ3) is 4.71. The maximum Gasteiger partial charge on any atom is 0.303 e. The lowest BCUT2D eigenvalue weighted by Gasteiger charge is -2.18. The molecule has 0 aliphatic heterocycles. The Labute approximate surface area is 112 Å². The van der Waals surface area contributed by atoms with Crippen molar-refractivity contribution in [2.24, 2.45) is 0 Å². The first-order chi connectivity index (χ1) is 9.06. The molecule has 5 heteroatoms. The molecule has 1 aromatic carbocycles. The fourth-order valence-corrected chi connectivity index (χ4v) is 1.78. The van der Waals surface area contributed by atoms with E-state index in [2.05, 4.69) is 0 Å². The van der Waals surface area contributed by atoms with Crippen molar-refractivity contribution in [1.29, 1.82) is 0 Å². The van der Waals surface area contributed by atoms with Gasteiger partial charge in [0.1, 0.15) is 0 Å². The Morgan fingerprint density at radius 1 is 1.32 bits per heavy atom. The van der Waals surface area contributed by atoms with Crippen LogP contribution in [0.15, 0.2) is 24.3 Å². The van der Waals surface area contributed by atoms with E-state index in [0.717, 1.165) is 5.56 Å². The van der Waals surface area contributed by atoms with Crippen LogP contribution in [-0.4, -0.2) is 42.6 Å². The fraction of sp³-hybridized carbons (Fsp3) is 0.429. The van der Waals surface area contributed by atoms with Gasteiger partial charge in [0.25, 0.3) is 5.91 Å². The van der Waals surface area contributed by atoms with Crippen molar-refractivity contribution in [3.05, 3.63) is 35.4 Å². The van der Waals surface area contributed by atoms with Crippen LogP contribution in [0.25, 0.3) is 0 Å². The number of aliphatic carboxylic acids is 1. The average molecular weight is 265 g/mol. The highest BCUT2D eigenvalue weighted by molar-refractivity contribution is 5.95. The molecule has 0 saturated carbocycles. The lowest BCUT2D eigenvalue weighted by atomic mass is 10.1. The van der Waals surface area contributed by atoms with Crippen molar-refractivity contribution < 1.29 is 19.4 Å². The molecule has 1 N–H and O–H groups in total. The molecule has 1 rings (SSSR count). The summed E-state index contributed by atoms with van der Waals surface area (Å²) in [5, 5.41) is 8.58. The molecule has 1 amide bonds. The zero-order valence-corrected chi connectivity index (χ0v) is 11.3. The number of carbonyl (C=O) groups excluding carboxylic acids is 1. The molecule has 0 atom stereocenters. The van der Waals surface area contributed by atoms with Crippen LogP contribution in [-0.2, 0) is 16.1 Å². The number of hydrogen-bond acceptors (Lipinski definition) is 3. The van der Waals surface area contributed by atoms with E-state index in [1.807, 2.05) is 12.1 Å². The molecule has 104 valence electrons. The monoisotopic (exact) mass is 265 g/mol. The third-order valence-electron chi connectivity index (χ3n) is 2.78. The highest BCUT2D eigenvalue weighted by Gasteiger charge is 2.15. The molecule has 5 nitrogen and oxygen atoms in total. The minimum Gasteiger partial charge on any atom is -0.481 e. The molecule has 0 heterocycles. The van der Waals surface area contributed by atoms with Gasteiger partial charge in [-0.1, -0.05) is 18.2 Å². The number of nitrogens with zero attached hydrogens (tertiary/aromatic N) is 1. The molecule has 0 fully saturated rings. The quantitative estimate of drug-likeness (QED) is 0.816. The minimum atomic E-state index is -0.847. The van der Waals surface area contributed by atoms with Gasteiger partial charge in [0.05, 0.1) is 6.61 Å². The fourth-order valence-electron chi connectivity index (χ4n) is 1.78. The maximum absolute atomic E-state index is 12.2. The number of rotatable bonds is 7. The predicted molar refractivity (Wildman–Crippen MR) is 71.0 cm³/mol. The van der Waals surface area contributed by atoms with E-state index in [1.54, 1.807) is 26.3 Å². The van der Waals surface area contributed by atoms with E-state index in [0.29, 0.717) is 25.1 Å². The van der Waals surface area contributed by atoms with Gasteiger partial charge in [-0.2, -0.15) is 0 Å². The van der Waals surface area contributed by atoms with Crippen LogP contribution in [0.2, 0.25) is 0 Å². The van der Waals surface area contributed by atoms with Crippen molar-refractivity contribution in [3.8, 4) is 0 Å². The number of hydrogen-bond donors (Lipinski definition) is 1. The first-order valence-corrected chi connectivity index (χ1v) is 6.10. The van der Waals surface area contributed by atoms with E-state index in [-0.39, 0.29) is 12.3 Å². The molecule has 0 aliphatic rings. The second-order valence-corrected chi connectivity index (χ2v) is 4.31. The maximum atomic E-state index is 12.2. The van der Waals surface area contributed by atoms with Crippen LogP contribution in [0.5, 0.6) is 0 Å². The van der Waals surface area contributed by atoms with Gasteiger partial charge in [-0.25, -0.2) is 0 Å². The van der Waals surface area contributed by atoms with Crippen molar-refractivity contribution in [2.45, 2.75) is 19.4 Å². The number of methoxy groups -OCH3 is 1. The van der Waals surface area contributed by atoms with Gasteiger partial charge in [0.15, 0.2) is 0 Å². The molecule has 0 aromatic heterocycles. The summed E-state index contributed by atoms with van der Waals surface area (Å²) in [5.74, 6) is -0.960. The Morgan fingerprint density at radius 2 is 2.00 bits per heavy atom. The second-order valence-electron chi connectivity index (χ2n) is 4.31. The van der Waals surface area contributed by atoms with E-state index < -0.39 is 5.97 Å². The van der Waals surface area contributed by atoms with Gasteiger partial charge < -0.3 is 14.7 Å². The molecule has 0 radical (unpaired) electrons. The van der Waals surface area contributed by atoms with Gasteiger partial charge in [0.2, 0.25) is 0 Å². The Morgan fingerprint density at radius 3 is 2.63 bits per heavy atom. The van der Waals surface area contributed by atoms with Crippen LogP contribution in [0.3, 0.4) is 0 Å². The van der Waals surface area contributed by atoms with Crippen LogP contribution < -0.4 is 0 Å². The Kier molecular flexibility index (Phi) is 6.02. The van der Waals surface area contributed by atoms with Crippen LogP contribution in [0, 0.1) is 0 Å². The summed E-state index contributed by atoms with van der Waals surface area (Å²) in [7, 11) is 3.26. The lowest BCUT2D eigenvalue weighted by molar-refractivity contribution is -0.137. The number of amides is 1. The van der Waals surface area contributed by atoms with Crippen LogP contribution in [0.1, 0.15) is 28.8 Å². The Bertz CT molecular complexity index is 445. The number of carboxylic acids is 1. The molecule has 1 aromatic rings. The minimum absolute atomic E-state index is 0.0668. The standard InChI is InChI=1S/C14H19NO4/c1-15(9-5-8-13(16)17)14(18)12-7-4-3-6-11(12)10-19-2/h3-4,6-7H,5,8-10H2,1-2H3,(H,16,17). The zero-order valence-electron chi connectivity index (χ0n) is 11.3. The largest absolute Gasteiger partial charge is 0.481 e. The van der Waals surface area contributed by atoms with Gasteiger partial charge in [-0.15, -0.1) is 0 Å². The zero-order chi connectivity index (χ0) is 14.3. The summed E-state index contributed by atoms with van der Waals surface area (Å²) in [4.78, 5) is 24.2. The van der Waals surface area contributed by atoms with Crippen molar-refractivity contribution >= 4 is 11.9 Å². The molecule has 0 unspecified atom stereocenters. The second kappa shape index (κ2) is 7.53. The summed E-state index contributed by atoms with van der Waals surface area (Å²) in [6.07, 6.45) is 0.515. The van der Waals surface area contributed by atoms with Gasteiger partial charge >= 0.3 is 5.97 Å². The topological polar surface area (TPSA) is 66.8 Å². The van der Waals surface area contributed by atoms with E-state index in [9.17, 15) is 9.59 Å². The highest BCUT2D eigenvalue weighted by atomic mass is 16.5. The first kappa shape index (κ1) is 15.2. The first-order valence-electron chi connectivity index (χ1n) is 6.10. The summed E-state index contributed by atoms with van der Waals surface area (Å²) in [6, 6.07) is 7.26. The number of carboxylic acid groups (broad SMARTS) is 1. The normalized spacial score (nSPS) is 10.2. The molecule has 19 heavy (non-hydrogen) atoms. The molecule has 0 aliphatic carbocycles. The van der Waals surface area contributed by atoms with Crippen molar-refractivity contribution in [3.63, 3.8) is 0 Å². The summed E-state index contributed by atoms with van der Waals surface area (Å²) in [6.45, 7) is 0.803. The smallest absolute Gasteiger partial charge is 0.303 e. The number of ether oxygens (including phenoxy) is 1. The Balaban J connectivity index is 2.68. The predicted octanol–water partition coefficient (Wildman–Crippen LogP) is 1.77. The Hall–Kier alpha value is -1.88. The molecular formula is C14H19NO4. The number of benzene rings is 1. The summed E-state index contributed by atoms with van der Waals surface area (Å²) < 4.78 is 5.06. The molecular weight excluding hydrogens is 246 g/mol. The van der Waals surface area contributed by atoms with Crippen LogP contribution >= 0.6 is 0 Å². The van der Waals surface area contributed by atoms with E-state index in [4.69, 9.17) is 9.84 Å². The van der Waals surface area contributed by atoms with Crippen molar-refractivity contribution in [1.82, 2.24) is 4.90 Å². The lowest BCUT2D eigenvalue weighted by Crippen LogP contribution is -2.29. The SMILES string of the molecule is COCc1ccccc1C(=O)N(C)CCCC(=O)O. The molecule has 0 bridgehead atoms. The summed E-state index contributed by atoms with van der Waals surface area (Å²) >= 11 is 0. The van der Waals surface area contributed by atoms with Crippen molar-refractivity contribution in [2.75, 3.05) is 20.7 Å². The summed E-state index contributed by atoms with van der Waals surface area (Å²) in [5.41, 5.74) is 1.43. The van der Waals surface area contributed by atoms with Gasteiger partial charge in [-0.05, 0) is 18.1 Å². The van der Waals surface area contributed by atoms with E-state index >= 15 is 0 Å². The molecule has 0 saturated heterocycles. The molecule has 0 spiro atoms. The third-order valence-corrected chi connectivity index (χ3v) is 2.78. The highest BCUT2D eigenvalue weighted by Crippen LogP contribution is 2.12. The van der Waals surface area contributed by atoms with Crippen LogP contribution in [0.4, 0.5) is 0 Å². The van der Waals surface area contributed by atoms with E-state index in [1.165, 1.54) is 4.90 Å². The van der Waals surface area contributed by atoms with Gasteiger partial charge in [0, 0.05) is 32.7 Å². The van der Waals surface area contributed by atoms with Gasteiger partial charge in [-0.3, -0.25) is 9.59 Å². The number of carbonyl (C=O) groups is 2.